The quantitative estimate of drug-likeness (QED) is 0.651. The predicted octanol–water partition coefficient (Wildman–Crippen LogP) is 4.88. The predicted molar refractivity (Wildman–Crippen MR) is 97.9 cm³/mol. The Morgan fingerprint density at radius 3 is 2.96 bits per heavy atom. The van der Waals surface area contributed by atoms with E-state index in [1.165, 1.54) is 0 Å². The van der Waals surface area contributed by atoms with E-state index in [1.54, 1.807) is 34.6 Å². The van der Waals surface area contributed by atoms with Gasteiger partial charge in [-0.05, 0) is 46.3 Å². The summed E-state index contributed by atoms with van der Waals surface area (Å²) in [6, 6.07) is 10.7. The lowest BCUT2D eigenvalue weighted by atomic mass is 10.2. The van der Waals surface area contributed by atoms with Gasteiger partial charge in [0, 0.05) is 22.1 Å². The Labute approximate surface area is 155 Å². The van der Waals surface area contributed by atoms with Crippen molar-refractivity contribution in [1.82, 2.24) is 9.78 Å². The SMILES string of the molecule is O=C(Nc1c2c(nn1-c1cccc(Cl)c1)CSC2)c1ccc(Br)o1. The van der Waals surface area contributed by atoms with Crippen LogP contribution in [0.25, 0.3) is 5.69 Å². The third-order valence-electron chi connectivity index (χ3n) is 3.63. The second-order valence-corrected chi connectivity index (χ2v) is 7.42. The van der Waals surface area contributed by atoms with Crippen LogP contribution in [0.4, 0.5) is 5.82 Å². The first kappa shape index (κ1) is 15.8. The topological polar surface area (TPSA) is 60.1 Å². The molecule has 0 radical (unpaired) electrons. The smallest absolute Gasteiger partial charge is 0.292 e. The number of fused-ring (bicyclic) bond motifs is 1. The molecule has 0 unspecified atom stereocenters. The molecule has 0 bridgehead atoms. The van der Waals surface area contributed by atoms with E-state index in [1.807, 2.05) is 18.2 Å². The average Bonchev–Trinajstić information content (AvgIpc) is 3.24. The van der Waals surface area contributed by atoms with Crippen LogP contribution in [0.2, 0.25) is 5.02 Å². The standard InChI is InChI=1S/C16H11BrClN3O2S/c17-14-5-4-13(23-14)16(22)19-15-11-7-24-8-12(11)20-21(15)10-3-1-2-9(18)6-10/h1-6H,7-8H2,(H,19,22). The van der Waals surface area contributed by atoms with Crippen LogP contribution in [0.1, 0.15) is 21.8 Å². The van der Waals surface area contributed by atoms with Crippen LogP contribution in [0.3, 0.4) is 0 Å². The average molecular weight is 425 g/mol. The molecule has 4 rings (SSSR count). The maximum Gasteiger partial charge on any atom is 0.292 e. The van der Waals surface area contributed by atoms with Gasteiger partial charge in [0.25, 0.3) is 5.91 Å². The number of benzene rings is 1. The Hall–Kier alpha value is -1.70. The Kier molecular flexibility index (Phi) is 4.15. The molecule has 1 aliphatic heterocycles. The van der Waals surface area contributed by atoms with E-state index < -0.39 is 0 Å². The van der Waals surface area contributed by atoms with Crippen molar-refractivity contribution < 1.29 is 9.21 Å². The number of aromatic nitrogens is 2. The summed E-state index contributed by atoms with van der Waals surface area (Å²) < 4.78 is 7.57. The number of hydrogen-bond acceptors (Lipinski definition) is 4. The number of carbonyl (C=O) groups is 1. The van der Waals surface area contributed by atoms with Crippen LogP contribution in [-0.2, 0) is 11.5 Å². The van der Waals surface area contributed by atoms with Crippen LogP contribution in [-0.4, -0.2) is 15.7 Å². The molecular weight excluding hydrogens is 414 g/mol. The molecule has 1 amide bonds. The summed E-state index contributed by atoms with van der Waals surface area (Å²) in [7, 11) is 0. The first-order valence-electron chi connectivity index (χ1n) is 7.13. The highest BCUT2D eigenvalue weighted by molar-refractivity contribution is 9.10. The zero-order valence-electron chi connectivity index (χ0n) is 12.3. The van der Waals surface area contributed by atoms with Crippen LogP contribution >= 0.6 is 39.3 Å². The summed E-state index contributed by atoms with van der Waals surface area (Å²) in [5, 5.41) is 8.18. The summed E-state index contributed by atoms with van der Waals surface area (Å²) in [5.74, 6) is 2.23. The minimum absolute atomic E-state index is 0.236. The molecule has 0 saturated carbocycles. The van der Waals surface area contributed by atoms with Gasteiger partial charge >= 0.3 is 0 Å². The van der Waals surface area contributed by atoms with E-state index in [9.17, 15) is 4.79 Å². The molecule has 1 N–H and O–H groups in total. The van der Waals surface area contributed by atoms with Crippen molar-refractivity contribution >= 4 is 51.0 Å². The van der Waals surface area contributed by atoms with Crippen LogP contribution in [0.15, 0.2) is 45.5 Å². The van der Waals surface area contributed by atoms with Crippen molar-refractivity contribution in [2.45, 2.75) is 11.5 Å². The molecule has 8 heteroatoms. The molecule has 3 heterocycles. The fraction of sp³-hybridized carbons (Fsp3) is 0.125. The minimum atomic E-state index is -0.316. The number of thioether (sulfide) groups is 1. The molecule has 0 spiro atoms. The second kappa shape index (κ2) is 6.31. The van der Waals surface area contributed by atoms with E-state index in [0.717, 1.165) is 28.5 Å². The fourth-order valence-electron chi connectivity index (χ4n) is 2.54. The van der Waals surface area contributed by atoms with E-state index in [2.05, 4.69) is 26.3 Å². The molecule has 0 fully saturated rings. The van der Waals surface area contributed by atoms with E-state index in [0.29, 0.717) is 15.5 Å². The van der Waals surface area contributed by atoms with Crippen molar-refractivity contribution in [3.63, 3.8) is 0 Å². The third-order valence-corrected chi connectivity index (χ3v) is 5.27. The second-order valence-electron chi connectivity index (χ2n) is 5.22. The number of rotatable bonds is 3. The number of anilines is 1. The third kappa shape index (κ3) is 2.87. The highest BCUT2D eigenvalue weighted by Crippen LogP contribution is 2.36. The van der Waals surface area contributed by atoms with Gasteiger partial charge in [0.1, 0.15) is 5.82 Å². The van der Waals surface area contributed by atoms with E-state index >= 15 is 0 Å². The number of nitrogens with zero attached hydrogens (tertiary/aromatic N) is 2. The van der Waals surface area contributed by atoms with Crippen LogP contribution in [0.5, 0.6) is 0 Å². The van der Waals surface area contributed by atoms with Crippen molar-refractivity contribution in [1.29, 1.82) is 0 Å². The monoisotopic (exact) mass is 423 g/mol. The number of nitrogens with one attached hydrogen (secondary N) is 1. The summed E-state index contributed by atoms with van der Waals surface area (Å²) in [6.07, 6.45) is 0. The van der Waals surface area contributed by atoms with Gasteiger partial charge in [-0.25, -0.2) is 4.68 Å². The summed E-state index contributed by atoms with van der Waals surface area (Å²) in [6.45, 7) is 0. The molecule has 2 aromatic heterocycles. The lowest BCUT2D eigenvalue weighted by Crippen LogP contribution is -2.15. The summed E-state index contributed by atoms with van der Waals surface area (Å²) >= 11 is 11.1. The molecule has 5 nitrogen and oxygen atoms in total. The van der Waals surface area contributed by atoms with Gasteiger partial charge < -0.3 is 9.73 Å². The molecule has 0 aliphatic carbocycles. The van der Waals surface area contributed by atoms with Gasteiger partial charge in [0.15, 0.2) is 10.4 Å². The molecule has 1 aliphatic rings. The zero-order chi connectivity index (χ0) is 16.7. The highest BCUT2D eigenvalue weighted by Gasteiger charge is 2.25. The van der Waals surface area contributed by atoms with Gasteiger partial charge in [-0.1, -0.05) is 17.7 Å². The Balaban J connectivity index is 1.75. The van der Waals surface area contributed by atoms with E-state index in [-0.39, 0.29) is 11.7 Å². The zero-order valence-corrected chi connectivity index (χ0v) is 15.4. The largest absolute Gasteiger partial charge is 0.444 e. The maximum atomic E-state index is 12.5. The Morgan fingerprint density at radius 2 is 2.21 bits per heavy atom. The number of halogens is 2. The summed E-state index contributed by atoms with van der Waals surface area (Å²) in [4.78, 5) is 12.5. The molecule has 24 heavy (non-hydrogen) atoms. The van der Waals surface area contributed by atoms with Crippen molar-refractivity contribution in [2.24, 2.45) is 0 Å². The Morgan fingerprint density at radius 1 is 1.33 bits per heavy atom. The van der Waals surface area contributed by atoms with Gasteiger partial charge in [0.2, 0.25) is 0 Å². The number of carbonyl (C=O) groups excluding carboxylic acids is 1. The maximum absolute atomic E-state index is 12.5. The van der Waals surface area contributed by atoms with Gasteiger partial charge in [-0.15, -0.1) is 0 Å². The van der Waals surface area contributed by atoms with Gasteiger partial charge in [-0.2, -0.15) is 16.9 Å². The van der Waals surface area contributed by atoms with Crippen molar-refractivity contribution in [3.8, 4) is 5.69 Å². The first-order valence-corrected chi connectivity index (χ1v) is 9.45. The summed E-state index contributed by atoms with van der Waals surface area (Å²) in [5.41, 5.74) is 2.83. The van der Waals surface area contributed by atoms with Crippen molar-refractivity contribution in [3.05, 3.63) is 63.1 Å². The van der Waals surface area contributed by atoms with Crippen molar-refractivity contribution in [2.75, 3.05) is 5.32 Å². The minimum Gasteiger partial charge on any atom is -0.444 e. The van der Waals surface area contributed by atoms with Crippen LogP contribution in [0, 0.1) is 0 Å². The molecule has 0 saturated heterocycles. The number of amides is 1. The highest BCUT2D eigenvalue weighted by atomic mass is 79.9. The van der Waals surface area contributed by atoms with E-state index in [4.69, 9.17) is 16.0 Å². The lowest BCUT2D eigenvalue weighted by Gasteiger charge is -2.10. The Bertz CT molecular complexity index is 937. The first-order chi connectivity index (χ1) is 11.6. The molecule has 1 aromatic carbocycles. The molecular formula is C16H11BrClN3O2S. The van der Waals surface area contributed by atoms with Gasteiger partial charge in [0.05, 0.1) is 11.4 Å². The molecule has 122 valence electrons. The number of furan rings is 1. The van der Waals surface area contributed by atoms with Gasteiger partial charge in [-0.3, -0.25) is 4.79 Å². The van der Waals surface area contributed by atoms with Crippen LogP contribution < -0.4 is 5.32 Å². The molecule has 0 atom stereocenters. The number of hydrogen-bond donors (Lipinski definition) is 1. The fourth-order valence-corrected chi connectivity index (χ4v) is 4.07. The molecule has 3 aromatic rings. The lowest BCUT2D eigenvalue weighted by molar-refractivity contribution is 0.0994. The normalized spacial score (nSPS) is 13.1.